The molecule has 35 nitrogen and oxygen atoms in total. The Kier molecular flexibility index (Phi) is 24.3. The van der Waals surface area contributed by atoms with Crippen LogP contribution in [0.5, 0.6) is 46.0 Å². The molecule has 0 aromatic heterocycles. The number of aliphatic carboxylic acids is 1. The average Bonchev–Trinajstić information content (AvgIpc) is 0.764. The highest BCUT2D eigenvalue weighted by Gasteiger charge is 2.52. The van der Waals surface area contributed by atoms with Gasteiger partial charge in [-0.15, -0.1) is 0 Å². The van der Waals surface area contributed by atoms with Crippen LogP contribution >= 0.6 is 23.2 Å². The number of carbonyl (C=O) groups excluding carboxylic acids is 8. The Labute approximate surface area is 635 Å². The number of nitrogens with two attached hydrogens (primary N) is 2. The number of hydrogen-bond donors (Lipinski definition) is 19. The molecule has 110 heavy (non-hydrogen) atoms. The van der Waals surface area contributed by atoms with Crippen molar-refractivity contribution in [2.75, 3.05) is 6.61 Å². The van der Waals surface area contributed by atoms with Gasteiger partial charge in [-0.2, -0.15) is 0 Å². The Morgan fingerprint density at radius 2 is 1.31 bits per heavy atom. The maximum Gasteiger partial charge on any atom is 0.408 e. The molecule has 586 valence electrons. The van der Waals surface area contributed by atoms with E-state index in [9.17, 15) is 75.0 Å². The Morgan fingerprint density at radius 1 is 0.691 bits per heavy atom. The van der Waals surface area contributed by atoms with E-state index in [0.29, 0.717) is 5.56 Å². The lowest BCUT2D eigenvalue weighted by atomic mass is 9.86. The fraction of sp³-hybridized carbons (Fsp3) is 0.384. The maximum absolute atomic E-state index is 16.1. The number of aliphatic hydroxyl groups excluding tert-OH is 6. The minimum Gasteiger partial charge on any atom is -0.508 e. The minimum absolute atomic E-state index is 0.106. The molecule has 18 atom stereocenters. The largest absolute Gasteiger partial charge is 0.508 e. The lowest BCUT2D eigenvalue weighted by molar-refractivity contribution is -0.333. The van der Waals surface area contributed by atoms with Crippen molar-refractivity contribution in [3.05, 3.63) is 153 Å². The molecule has 7 aliphatic heterocycles. The number of benzene rings is 6. The van der Waals surface area contributed by atoms with Gasteiger partial charge in [0.25, 0.3) is 0 Å². The molecule has 11 bridgehead atoms. The summed E-state index contributed by atoms with van der Waals surface area (Å²) in [5.41, 5.74) is 8.40. The molecular formula is C73H79Cl2N9O26. The highest BCUT2D eigenvalue weighted by molar-refractivity contribution is 6.32. The number of alkyl carbamates (subject to hydrolysis) is 1. The van der Waals surface area contributed by atoms with Crippen LogP contribution in [0.4, 0.5) is 4.79 Å². The normalized spacial score (nSPS) is 27.9. The number of nitrogens with one attached hydrogen (secondary N) is 7. The molecule has 2 saturated heterocycles. The zero-order valence-corrected chi connectivity index (χ0v) is 60.2. The number of aliphatic hydroxyl groups is 6. The predicted molar refractivity (Wildman–Crippen MR) is 380 cm³/mol. The molecule has 7 heterocycles. The number of amides is 8. The lowest BCUT2D eigenvalue weighted by Crippen LogP contribution is -2.64. The molecule has 37 heteroatoms. The third kappa shape index (κ3) is 17.6. The van der Waals surface area contributed by atoms with Gasteiger partial charge in [-0.3, -0.25) is 33.6 Å². The Bertz CT molecular complexity index is 4560. The molecule has 0 saturated carbocycles. The van der Waals surface area contributed by atoms with Gasteiger partial charge < -0.3 is 133 Å². The fourth-order valence-electron chi connectivity index (χ4n) is 13.3. The molecule has 2 unspecified atom stereocenters. The van der Waals surface area contributed by atoms with E-state index in [4.69, 9.17) is 67.8 Å². The van der Waals surface area contributed by atoms with Crippen LogP contribution in [-0.4, -0.2) is 190 Å². The molecule has 21 N–H and O–H groups in total. The number of carboxylic acids is 1. The van der Waals surface area contributed by atoms with Crippen molar-refractivity contribution in [1.82, 2.24) is 37.2 Å². The van der Waals surface area contributed by atoms with Crippen molar-refractivity contribution in [3.8, 4) is 57.1 Å². The molecule has 0 spiro atoms. The lowest BCUT2D eigenvalue weighted by Gasteiger charge is -2.47. The zero-order valence-electron chi connectivity index (χ0n) is 58.7. The van der Waals surface area contributed by atoms with Crippen LogP contribution in [0.3, 0.4) is 0 Å². The number of ether oxygens (including phenoxy) is 7. The summed E-state index contributed by atoms with van der Waals surface area (Å²) >= 11 is 14.2. The van der Waals surface area contributed by atoms with E-state index in [2.05, 4.69) is 37.2 Å². The SMILES string of the molecule is CC(C)C[C@H](NC(=O)OCc1ccccc1)C(=O)N[C@H]1C(=O)N[C@@H](CC(N)=O)C(=O)N[C@H]2C(=O)N[C@H]3C(=O)N[C@H](C(=O)N[C@H](C(=O)O)c4cc(O)cc(O)c4-c4cc3ccc4O)[C@H](O)c3ccc(c(Cl)c3)Oc3cc2cc(c3OC2O[C@H](CO)[C@@H](O)[C@H](O)C2O[C@H]2C[C@](C)(N)[C@H](O)[C@H](C)O2)Oc2ccc(cc2Cl)[C@H]1O. The number of halogens is 2. The van der Waals surface area contributed by atoms with E-state index in [1.54, 1.807) is 44.2 Å². The Hall–Kier alpha value is -10.7. The van der Waals surface area contributed by atoms with E-state index in [-0.39, 0.29) is 42.1 Å². The van der Waals surface area contributed by atoms with Crippen molar-refractivity contribution in [2.45, 2.75) is 163 Å². The Balaban J connectivity index is 1.12. The van der Waals surface area contributed by atoms with E-state index < -0.39 is 254 Å². The average molecular weight is 1570 g/mol. The molecule has 6 aromatic carbocycles. The predicted octanol–water partition coefficient (Wildman–Crippen LogP) is 1.81. The van der Waals surface area contributed by atoms with Crippen molar-refractivity contribution >= 4 is 76.6 Å². The van der Waals surface area contributed by atoms with Crippen LogP contribution in [-0.2, 0) is 63.9 Å². The zero-order chi connectivity index (χ0) is 79.6. The monoisotopic (exact) mass is 1570 g/mol. The van der Waals surface area contributed by atoms with Crippen LogP contribution in [0.2, 0.25) is 10.0 Å². The van der Waals surface area contributed by atoms with E-state index in [1.807, 2.05) is 0 Å². The topological polar surface area (TPSA) is 557 Å². The van der Waals surface area contributed by atoms with Crippen LogP contribution < -0.4 is 62.9 Å². The highest BCUT2D eigenvalue weighted by atomic mass is 35.5. The summed E-state index contributed by atoms with van der Waals surface area (Å²) < 4.78 is 43.8. The summed E-state index contributed by atoms with van der Waals surface area (Å²) in [6.07, 6.45) is -20.4. The second-order valence-electron chi connectivity index (χ2n) is 27.6. The number of carbonyl (C=O) groups is 9. The first-order valence-electron chi connectivity index (χ1n) is 34.3. The van der Waals surface area contributed by atoms with Gasteiger partial charge in [-0.05, 0) is 109 Å². The highest BCUT2D eigenvalue weighted by Crippen LogP contribution is 2.50. The molecule has 7 aliphatic rings. The summed E-state index contributed by atoms with van der Waals surface area (Å²) in [7, 11) is 0. The number of aromatic hydroxyl groups is 3. The number of hydrogen-bond acceptors (Lipinski definition) is 26. The van der Waals surface area contributed by atoms with Crippen molar-refractivity contribution < 1.29 is 127 Å². The van der Waals surface area contributed by atoms with Gasteiger partial charge in [0.2, 0.25) is 53.4 Å². The van der Waals surface area contributed by atoms with Gasteiger partial charge in [-0.25, -0.2) is 9.59 Å². The van der Waals surface area contributed by atoms with Crippen LogP contribution in [0, 0.1) is 5.92 Å². The summed E-state index contributed by atoms with van der Waals surface area (Å²) in [5, 5.41) is 131. The molecule has 0 radical (unpaired) electrons. The maximum atomic E-state index is 16.1. The molecule has 6 aromatic rings. The third-order valence-electron chi connectivity index (χ3n) is 18.9. The van der Waals surface area contributed by atoms with E-state index in [1.165, 1.54) is 13.8 Å². The van der Waals surface area contributed by atoms with Gasteiger partial charge in [0.1, 0.15) is 102 Å². The smallest absolute Gasteiger partial charge is 0.408 e. The minimum atomic E-state index is -2.40. The first-order valence-corrected chi connectivity index (χ1v) is 35.1. The number of phenolic OH excluding ortho intramolecular Hbond substituents is 3. The number of primary amides is 1. The summed E-state index contributed by atoms with van der Waals surface area (Å²) in [6, 6.07) is 6.55. The fourth-order valence-corrected chi connectivity index (χ4v) is 13.7. The van der Waals surface area contributed by atoms with Gasteiger partial charge in [0.15, 0.2) is 29.9 Å². The molecular weight excluding hydrogens is 1490 g/mol. The van der Waals surface area contributed by atoms with Gasteiger partial charge in [-0.1, -0.05) is 85.6 Å². The second-order valence-corrected chi connectivity index (χ2v) is 28.4. The van der Waals surface area contributed by atoms with Gasteiger partial charge >= 0.3 is 12.1 Å². The first kappa shape index (κ1) is 80.3. The molecule has 0 aliphatic carbocycles. The van der Waals surface area contributed by atoms with E-state index in [0.717, 1.165) is 78.9 Å². The van der Waals surface area contributed by atoms with Gasteiger partial charge in [0, 0.05) is 34.7 Å². The van der Waals surface area contributed by atoms with Crippen LogP contribution in [0.1, 0.15) is 111 Å². The van der Waals surface area contributed by atoms with E-state index >= 15 is 19.2 Å². The van der Waals surface area contributed by atoms with Crippen molar-refractivity contribution in [3.63, 3.8) is 0 Å². The van der Waals surface area contributed by atoms with Crippen molar-refractivity contribution in [2.24, 2.45) is 17.4 Å². The summed E-state index contributed by atoms with van der Waals surface area (Å²) in [4.78, 5) is 132. The molecule has 2 fully saturated rings. The number of carboxylic acid groups (broad SMARTS) is 1. The quantitative estimate of drug-likeness (QED) is 0.0697. The van der Waals surface area contributed by atoms with Crippen LogP contribution in [0.25, 0.3) is 11.1 Å². The molecule has 8 amide bonds. The van der Waals surface area contributed by atoms with Gasteiger partial charge in [0.05, 0.1) is 35.3 Å². The number of fused-ring (bicyclic) bond motifs is 15. The first-order chi connectivity index (χ1) is 52.1. The second kappa shape index (κ2) is 33.3. The molecule has 13 rings (SSSR count). The summed E-state index contributed by atoms with van der Waals surface area (Å²) in [6.45, 7) is 5.16. The summed E-state index contributed by atoms with van der Waals surface area (Å²) in [5.74, 6) is -17.1. The third-order valence-corrected chi connectivity index (χ3v) is 19.5. The number of rotatable bonds is 15. The van der Waals surface area contributed by atoms with Crippen LogP contribution in [0.15, 0.2) is 109 Å². The standard InChI is InChI=1S/C73H79Cl2N9O26/c1-28(2)16-40(79-72(103)104-27-30-8-6-5-7-9-30)64(95)83-55-57(90)32-11-14-44(38(74)18-32)106-46-20-34-21-47(61(46)110-71-62(60(93)59(92)48(26-85)108-71)109-50-25-73(4,77)63(94)29(3)105-50)107-45-15-12-33(19-39(45)75)58(91)56-69(100)82-54(70(101)102)37-22-35(86)23-43(88)51(37)36-17-31(10-13-42(36)87)52(66(97)84-56)81-67(98)53(34)80-65(96)41(24-49(76)89)78-68(55)99/h5-15,17-23,28-29,40-41,48,50,52-60,62-63,71,85-88,90-94H,16,24-27,77H2,1-4H3,(H2,76,89)(H,78,99)(H,79,103)(H,80,96)(H,81,98)(H,82,100)(H,83,95)(H,84,97)(H,101,102)/t29-,40-,41-,48+,50-,52+,53+,54-,55+,56-,57+,58+,59+,60-,62?,63+,71?,73-/m0/s1. The van der Waals surface area contributed by atoms with Crippen molar-refractivity contribution in [1.29, 1.82) is 0 Å². The number of phenols is 3. The Morgan fingerprint density at radius 3 is 1.92 bits per heavy atom.